The molecule has 3 rings (SSSR count). The SMILES string of the molecule is CCOC(=O)c1c(NC(=S)NC(=O)c2cccc(Cl)c2)sc2c1CCCC2. The molecule has 0 aliphatic heterocycles. The molecule has 1 amide bonds. The Kier molecular flexibility index (Phi) is 6.46. The van der Waals surface area contributed by atoms with Crippen molar-refractivity contribution in [3.05, 3.63) is 50.9 Å². The van der Waals surface area contributed by atoms with Crippen LogP contribution in [-0.4, -0.2) is 23.6 Å². The number of anilines is 1. The minimum atomic E-state index is -0.367. The van der Waals surface area contributed by atoms with Crippen molar-refractivity contribution in [3.8, 4) is 0 Å². The molecule has 0 spiro atoms. The third-order valence-electron chi connectivity index (χ3n) is 4.19. The van der Waals surface area contributed by atoms with Crippen LogP contribution >= 0.6 is 35.2 Å². The van der Waals surface area contributed by atoms with Crippen LogP contribution in [0.25, 0.3) is 0 Å². The topological polar surface area (TPSA) is 67.4 Å². The van der Waals surface area contributed by atoms with Gasteiger partial charge in [0.2, 0.25) is 0 Å². The first-order chi connectivity index (χ1) is 13.0. The van der Waals surface area contributed by atoms with Crippen LogP contribution in [0.1, 0.15) is 50.9 Å². The van der Waals surface area contributed by atoms with Crippen LogP contribution in [0.4, 0.5) is 5.00 Å². The summed E-state index contributed by atoms with van der Waals surface area (Å²) >= 11 is 12.7. The number of nitrogens with one attached hydrogen (secondary N) is 2. The Balaban J connectivity index is 1.78. The highest BCUT2D eigenvalue weighted by Gasteiger charge is 2.27. The molecular weight excluding hydrogens is 404 g/mol. The molecule has 0 bridgehead atoms. The molecule has 1 aliphatic rings. The smallest absolute Gasteiger partial charge is 0.341 e. The van der Waals surface area contributed by atoms with Gasteiger partial charge in [0.05, 0.1) is 12.2 Å². The zero-order valence-corrected chi connectivity index (χ0v) is 17.2. The molecule has 0 saturated carbocycles. The molecule has 0 saturated heterocycles. The maximum atomic E-state index is 12.5. The van der Waals surface area contributed by atoms with Crippen LogP contribution in [0.3, 0.4) is 0 Å². The minimum Gasteiger partial charge on any atom is -0.462 e. The molecule has 1 aliphatic carbocycles. The molecule has 1 aromatic carbocycles. The fourth-order valence-electron chi connectivity index (χ4n) is 3.01. The molecular formula is C19H19ClN2O3S2. The van der Waals surface area contributed by atoms with Crippen molar-refractivity contribution in [3.63, 3.8) is 0 Å². The van der Waals surface area contributed by atoms with Crippen LogP contribution < -0.4 is 10.6 Å². The number of rotatable bonds is 4. The largest absolute Gasteiger partial charge is 0.462 e. The molecule has 0 radical (unpaired) electrons. The summed E-state index contributed by atoms with van der Waals surface area (Å²) in [5.41, 5.74) is 1.98. The van der Waals surface area contributed by atoms with Crippen LogP contribution in [0.2, 0.25) is 5.02 Å². The van der Waals surface area contributed by atoms with E-state index in [-0.39, 0.29) is 17.0 Å². The highest BCUT2D eigenvalue weighted by Crippen LogP contribution is 2.38. The lowest BCUT2D eigenvalue weighted by atomic mass is 9.95. The number of fused-ring (bicyclic) bond motifs is 1. The molecule has 1 heterocycles. The molecule has 0 atom stereocenters. The Hall–Kier alpha value is -1.96. The number of amides is 1. The molecule has 1 aromatic heterocycles. The Morgan fingerprint density at radius 2 is 2.07 bits per heavy atom. The maximum absolute atomic E-state index is 12.5. The van der Waals surface area contributed by atoms with Crippen molar-refractivity contribution in [1.29, 1.82) is 0 Å². The van der Waals surface area contributed by atoms with E-state index in [1.807, 2.05) is 0 Å². The number of thiophene rings is 1. The van der Waals surface area contributed by atoms with Gasteiger partial charge in [0, 0.05) is 15.5 Å². The number of hydrogen-bond donors (Lipinski definition) is 2. The van der Waals surface area contributed by atoms with Gasteiger partial charge in [0.1, 0.15) is 5.00 Å². The lowest BCUT2D eigenvalue weighted by molar-refractivity contribution is 0.0526. The first-order valence-electron chi connectivity index (χ1n) is 8.69. The van der Waals surface area contributed by atoms with E-state index in [0.717, 1.165) is 31.2 Å². The molecule has 0 unspecified atom stereocenters. The maximum Gasteiger partial charge on any atom is 0.341 e. The fraction of sp³-hybridized carbons (Fsp3) is 0.316. The minimum absolute atomic E-state index is 0.129. The summed E-state index contributed by atoms with van der Waals surface area (Å²) in [5, 5.41) is 6.85. The first-order valence-corrected chi connectivity index (χ1v) is 10.3. The zero-order valence-electron chi connectivity index (χ0n) is 14.8. The number of benzene rings is 1. The summed E-state index contributed by atoms with van der Waals surface area (Å²) in [4.78, 5) is 26.0. The lowest BCUT2D eigenvalue weighted by Crippen LogP contribution is -2.34. The summed E-state index contributed by atoms with van der Waals surface area (Å²) < 4.78 is 5.22. The number of esters is 1. The summed E-state index contributed by atoms with van der Waals surface area (Å²) in [6.45, 7) is 2.08. The van der Waals surface area contributed by atoms with Crippen LogP contribution in [-0.2, 0) is 17.6 Å². The van der Waals surface area contributed by atoms with E-state index in [9.17, 15) is 9.59 Å². The predicted octanol–water partition coefficient (Wildman–Crippen LogP) is 4.58. The van der Waals surface area contributed by atoms with Gasteiger partial charge in [-0.15, -0.1) is 11.3 Å². The van der Waals surface area contributed by atoms with E-state index < -0.39 is 0 Å². The lowest BCUT2D eigenvalue weighted by Gasteiger charge is -2.13. The van der Waals surface area contributed by atoms with E-state index in [4.69, 9.17) is 28.6 Å². The van der Waals surface area contributed by atoms with Gasteiger partial charge < -0.3 is 10.1 Å². The van der Waals surface area contributed by atoms with Gasteiger partial charge in [0.15, 0.2) is 5.11 Å². The second-order valence-corrected chi connectivity index (χ2v) is 8.00. The summed E-state index contributed by atoms with van der Waals surface area (Å²) in [6, 6.07) is 6.60. The highest BCUT2D eigenvalue weighted by molar-refractivity contribution is 7.80. The Labute approximate surface area is 172 Å². The molecule has 0 fully saturated rings. The number of ether oxygens (including phenoxy) is 1. The number of carbonyl (C=O) groups excluding carboxylic acids is 2. The zero-order chi connectivity index (χ0) is 19.4. The predicted molar refractivity (Wildman–Crippen MR) is 112 cm³/mol. The number of thiocarbonyl (C=S) groups is 1. The van der Waals surface area contributed by atoms with E-state index in [1.54, 1.807) is 31.2 Å². The Morgan fingerprint density at radius 1 is 1.30 bits per heavy atom. The van der Waals surface area contributed by atoms with Crippen molar-refractivity contribution in [2.24, 2.45) is 0 Å². The third-order valence-corrected chi connectivity index (χ3v) is 5.84. The van der Waals surface area contributed by atoms with E-state index in [2.05, 4.69) is 10.6 Å². The first kappa shape index (κ1) is 19.8. The van der Waals surface area contributed by atoms with Gasteiger partial charge >= 0.3 is 5.97 Å². The molecule has 2 N–H and O–H groups in total. The molecule has 8 heteroatoms. The average molecular weight is 423 g/mol. The molecule has 2 aromatic rings. The van der Waals surface area contributed by atoms with Crippen LogP contribution in [0, 0.1) is 0 Å². The van der Waals surface area contributed by atoms with E-state index >= 15 is 0 Å². The third kappa shape index (κ3) is 4.66. The summed E-state index contributed by atoms with van der Waals surface area (Å²) in [6.07, 6.45) is 3.94. The standard InChI is InChI=1S/C19H19ClN2O3S2/c1-2-25-18(24)15-13-8-3-4-9-14(13)27-17(15)22-19(26)21-16(23)11-6-5-7-12(20)10-11/h5-7,10H,2-4,8-9H2,1H3,(H2,21,22,23,26). The van der Waals surface area contributed by atoms with E-state index in [1.165, 1.54) is 16.2 Å². The van der Waals surface area contributed by atoms with E-state index in [0.29, 0.717) is 27.8 Å². The number of carbonyl (C=O) groups is 2. The molecule has 27 heavy (non-hydrogen) atoms. The van der Waals surface area contributed by atoms with Crippen molar-refractivity contribution in [1.82, 2.24) is 5.32 Å². The number of hydrogen-bond acceptors (Lipinski definition) is 5. The van der Waals surface area contributed by atoms with Crippen molar-refractivity contribution >= 4 is 57.1 Å². The summed E-state index contributed by atoms with van der Waals surface area (Å²) in [7, 11) is 0. The Bertz CT molecular complexity index is 895. The number of aryl methyl sites for hydroxylation is 1. The van der Waals surface area contributed by atoms with Crippen LogP contribution in [0.15, 0.2) is 24.3 Å². The van der Waals surface area contributed by atoms with Crippen molar-refractivity contribution < 1.29 is 14.3 Å². The van der Waals surface area contributed by atoms with Crippen molar-refractivity contribution in [2.75, 3.05) is 11.9 Å². The van der Waals surface area contributed by atoms with Gasteiger partial charge in [-0.2, -0.15) is 0 Å². The normalized spacial score (nSPS) is 12.8. The van der Waals surface area contributed by atoms with Gasteiger partial charge in [0.25, 0.3) is 5.91 Å². The van der Waals surface area contributed by atoms with Crippen LogP contribution in [0.5, 0.6) is 0 Å². The molecule has 5 nitrogen and oxygen atoms in total. The highest BCUT2D eigenvalue weighted by atomic mass is 35.5. The van der Waals surface area contributed by atoms with Gasteiger partial charge in [-0.1, -0.05) is 17.7 Å². The summed E-state index contributed by atoms with van der Waals surface area (Å²) in [5.74, 6) is -0.725. The Morgan fingerprint density at radius 3 is 2.81 bits per heavy atom. The fourth-order valence-corrected chi connectivity index (χ4v) is 4.74. The van der Waals surface area contributed by atoms with Gasteiger partial charge in [-0.3, -0.25) is 10.1 Å². The second-order valence-electron chi connectivity index (χ2n) is 6.05. The average Bonchev–Trinajstić information content (AvgIpc) is 2.99. The second kappa shape index (κ2) is 8.82. The van der Waals surface area contributed by atoms with Gasteiger partial charge in [-0.05, 0) is 68.6 Å². The number of halogens is 1. The quantitative estimate of drug-likeness (QED) is 0.557. The van der Waals surface area contributed by atoms with Crippen molar-refractivity contribution in [2.45, 2.75) is 32.6 Å². The molecule has 142 valence electrons. The van der Waals surface area contributed by atoms with Gasteiger partial charge in [-0.25, -0.2) is 4.79 Å². The monoisotopic (exact) mass is 422 g/mol.